The van der Waals surface area contributed by atoms with Gasteiger partial charge in [-0.3, -0.25) is 14.4 Å². The van der Waals surface area contributed by atoms with Crippen LogP contribution in [0.3, 0.4) is 0 Å². The van der Waals surface area contributed by atoms with Gasteiger partial charge in [0.15, 0.2) is 0 Å². The highest BCUT2D eigenvalue weighted by Gasteiger charge is 2.29. The lowest BCUT2D eigenvalue weighted by atomic mass is 9.93. The Bertz CT molecular complexity index is 480. The smallest absolute Gasteiger partial charge is 0.311 e. The third-order valence-corrected chi connectivity index (χ3v) is 4.26. The second-order valence-electron chi connectivity index (χ2n) is 5.97. The number of carbonyl (C=O) groups is 3. The number of esters is 3. The highest BCUT2D eigenvalue weighted by molar-refractivity contribution is 5.78. The van der Waals surface area contributed by atoms with Crippen LogP contribution < -0.4 is 0 Å². The average molecular weight is 340 g/mol. The molecule has 0 saturated heterocycles. The van der Waals surface area contributed by atoms with Gasteiger partial charge in [0.05, 0.1) is 33.5 Å². The van der Waals surface area contributed by atoms with Crippen LogP contribution in [0.2, 0.25) is 0 Å². The van der Waals surface area contributed by atoms with E-state index in [0.717, 1.165) is 37.7 Å². The molecule has 0 bridgehead atoms. The second kappa shape index (κ2) is 10.8. The molecule has 0 saturated carbocycles. The fourth-order valence-electron chi connectivity index (χ4n) is 2.90. The summed E-state index contributed by atoms with van der Waals surface area (Å²) < 4.78 is 14.8. The zero-order chi connectivity index (χ0) is 17.9. The van der Waals surface area contributed by atoms with Crippen LogP contribution in [0.5, 0.6) is 0 Å². The summed E-state index contributed by atoms with van der Waals surface area (Å²) in [5.41, 5.74) is 1.06. The number of allylic oxidation sites excluding steroid dienone is 2. The van der Waals surface area contributed by atoms with Crippen molar-refractivity contribution in [3.63, 3.8) is 0 Å². The molecule has 1 aliphatic rings. The molecule has 1 unspecified atom stereocenters. The summed E-state index contributed by atoms with van der Waals surface area (Å²) in [5, 5.41) is 0. The van der Waals surface area contributed by atoms with Gasteiger partial charge in [0, 0.05) is 6.42 Å². The van der Waals surface area contributed by atoms with Gasteiger partial charge in [0.25, 0.3) is 0 Å². The monoisotopic (exact) mass is 340 g/mol. The molecule has 0 aromatic rings. The number of unbranched alkanes of at least 4 members (excludes halogenated alkanes) is 2. The first-order valence-electron chi connectivity index (χ1n) is 8.58. The molecule has 0 spiro atoms. The van der Waals surface area contributed by atoms with Gasteiger partial charge >= 0.3 is 17.9 Å². The van der Waals surface area contributed by atoms with Crippen molar-refractivity contribution >= 4 is 17.9 Å². The molecule has 0 amide bonds. The summed E-state index contributed by atoms with van der Waals surface area (Å²) in [4.78, 5) is 34.6. The van der Waals surface area contributed by atoms with Crippen molar-refractivity contribution in [3.8, 4) is 0 Å². The fourth-order valence-corrected chi connectivity index (χ4v) is 2.90. The van der Waals surface area contributed by atoms with Gasteiger partial charge in [-0.1, -0.05) is 19.8 Å². The van der Waals surface area contributed by atoms with E-state index in [1.807, 2.05) is 0 Å². The average Bonchev–Trinajstić information content (AvgIpc) is 2.94. The Kier molecular flexibility index (Phi) is 9.12. The minimum absolute atomic E-state index is 0.0000810. The Morgan fingerprint density at radius 3 is 2.29 bits per heavy atom. The molecule has 1 atom stereocenters. The Balaban J connectivity index is 2.70. The molecular formula is C18H28O6. The molecule has 0 aliphatic heterocycles. The zero-order valence-electron chi connectivity index (χ0n) is 14.9. The fraction of sp³-hybridized carbons (Fsp3) is 0.722. The molecule has 0 radical (unpaired) electrons. The molecule has 24 heavy (non-hydrogen) atoms. The quantitative estimate of drug-likeness (QED) is 0.345. The second-order valence-corrected chi connectivity index (χ2v) is 5.97. The van der Waals surface area contributed by atoms with E-state index in [2.05, 4.69) is 11.7 Å². The molecule has 0 heterocycles. The summed E-state index contributed by atoms with van der Waals surface area (Å²) in [5.74, 6) is -0.347. The van der Waals surface area contributed by atoms with Crippen molar-refractivity contribution in [1.82, 2.24) is 0 Å². The maximum Gasteiger partial charge on any atom is 0.311 e. The maximum atomic E-state index is 11.9. The number of hydrogen-bond donors (Lipinski definition) is 0. The van der Waals surface area contributed by atoms with Crippen LogP contribution in [0.4, 0.5) is 0 Å². The first-order valence-corrected chi connectivity index (χ1v) is 8.58. The molecular weight excluding hydrogens is 312 g/mol. The van der Waals surface area contributed by atoms with Gasteiger partial charge in [0.2, 0.25) is 0 Å². The van der Waals surface area contributed by atoms with E-state index in [1.54, 1.807) is 0 Å². The lowest BCUT2D eigenvalue weighted by Crippen LogP contribution is -2.11. The molecule has 1 rings (SSSR count). The van der Waals surface area contributed by atoms with E-state index >= 15 is 0 Å². The molecule has 0 aromatic carbocycles. The molecule has 6 heteroatoms. The minimum atomic E-state index is -0.431. The molecule has 0 N–H and O–H groups in total. The van der Waals surface area contributed by atoms with Crippen molar-refractivity contribution in [1.29, 1.82) is 0 Å². The van der Waals surface area contributed by atoms with Gasteiger partial charge in [-0.15, -0.1) is 0 Å². The van der Waals surface area contributed by atoms with Gasteiger partial charge in [-0.2, -0.15) is 0 Å². The van der Waals surface area contributed by atoms with Crippen LogP contribution in [-0.4, -0.2) is 32.1 Å². The minimum Gasteiger partial charge on any atom is -0.469 e. The summed E-state index contributed by atoms with van der Waals surface area (Å²) in [6, 6.07) is 0. The zero-order valence-corrected chi connectivity index (χ0v) is 14.9. The molecule has 1 aliphatic carbocycles. The van der Waals surface area contributed by atoms with Crippen molar-refractivity contribution < 1.29 is 28.6 Å². The summed E-state index contributed by atoms with van der Waals surface area (Å²) in [6.45, 7) is 2.13. The summed E-state index contributed by atoms with van der Waals surface area (Å²) in [6.07, 6.45) is 5.80. The van der Waals surface area contributed by atoms with Gasteiger partial charge in [0.1, 0.15) is 5.76 Å². The topological polar surface area (TPSA) is 78.9 Å². The van der Waals surface area contributed by atoms with Crippen molar-refractivity contribution in [3.05, 3.63) is 11.3 Å². The van der Waals surface area contributed by atoms with E-state index in [9.17, 15) is 14.4 Å². The summed E-state index contributed by atoms with van der Waals surface area (Å²) >= 11 is 0. The third-order valence-electron chi connectivity index (χ3n) is 4.26. The predicted octanol–water partition coefficient (Wildman–Crippen LogP) is 3.29. The van der Waals surface area contributed by atoms with Crippen molar-refractivity contribution in [2.75, 3.05) is 14.2 Å². The predicted molar refractivity (Wildman–Crippen MR) is 87.9 cm³/mol. The summed E-state index contributed by atoms with van der Waals surface area (Å²) in [7, 11) is 2.67. The normalized spacial score (nSPS) is 16.9. The van der Waals surface area contributed by atoms with Crippen LogP contribution >= 0.6 is 0 Å². The third kappa shape index (κ3) is 6.72. The Labute approximate surface area is 143 Å². The van der Waals surface area contributed by atoms with Gasteiger partial charge in [-0.25, -0.2) is 0 Å². The number of ether oxygens (including phenoxy) is 3. The maximum absolute atomic E-state index is 11.9. The van der Waals surface area contributed by atoms with Gasteiger partial charge < -0.3 is 14.2 Å². The van der Waals surface area contributed by atoms with Crippen molar-refractivity contribution in [2.45, 2.75) is 64.7 Å². The first-order chi connectivity index (χ1) is 11.5. The number of rotatable bonds is 10. The van der Waals surface area contributed by atoms with Gasteiger partial charge in [-0.05, 0) is 30.8 Å². The van der Waals surface area contributed by atoms with Crippen LogP contribution in [0.15, 0.2) is 11.3 Å². The highest BCUT2D eigenvalue weighted by atomic mass is 16.5. The van der Waals surface area contributed by atoms with E-state index in [4.69, 9.17) is 9.47 Å². The molecule has 0 fully saturated rings. The number of carbonyl (C=O) groups excluding carboxylic acids is 3. The molecule has 136 valence electrons. The van der Waals surface area contributed by atoms with E-state index in [-0.39, 0.29) is 24.7 Å². The number of hydrogen-bond acceptors (Lipinski definition) is 6. The molecule has 0 aromatic heterocycles. The Morgan fingerprint density at radius 2 is 1.67 bits per heavy atom. The highest BCUT2D eigenvalue weighted by Crippen LogP contribution is 2.38. The van der Waals surface area contributed by atoms with Crippen LogP contribution in [0.1, 0.15) is 64.7 Å². The largest absolute Gasteiger partial charge is 0.469 e. The van der Waals surface area contributed by atoms with E-state index in [0.29, 0.717) is 18.6 Å². The van der Waals surface area contributed by atoms with Crippen LogP contribution in [0.25, 0.3) is 0 Å². The lowest BCUT2D eigenvalue weighted by Gasteiger charge is -2.14. The molecule has 6 nitrogen and oxygen atoms in total. The standard InChI is InChI=1S/C18H28O6/c1-4-5-6-7-14-13(12-18(21)23-3)8-9-15(14)24-17(20)11-10-16(19)22-2/h13H,4-12H2,1-3H3. The van der Waals surface area contributed by atoms with Crippen LogP contribution in [-0.2, 0) is 28.6 Å². The Hall–Kier alpha value is -1.85. The lowest BCUT2D eigenvalue weighted by molar-refractivity contribution is -0.146. The number of methoxy groups -OCH3 is 2. The SMILES string of the molecule is CCCCCC1=C(OC(=O)CCC(=O)OC)CCC1CC(=O)OC. The Morgan fingerprint density at radius 1 is 1.00 bits per heavy atom. The van der Waals surface area contributed by atoms with E-state index < -0.39 is 11.9 Å². The van der Waals surface area contributed by atoms with Crippen LogP contribution in [0, 0.1) is 5.92 Å². The van der Waals surface area contributed by atoms with Crippen molar-refractivity contribution in [2.24, 2.45) is 5.92 Å². The van der Waals surface area contributed by atoms with E-state index in [1.165, 1.54) is 14.2 Å². The first kappa shape index (κ1) is 20.2.